The number of hydrogen-bond acceptors (Lipinski definition) is 4. The van der Waals surface area contributed by atoms with Crippen LogP contribution >= 0.6 is 11.3 Å². The lowest BCUT2D eigenvalue weighted by Crippen LogP contribution is -2.20. The van der Waals surface area contributed by atoms with E-state index in [1.54, 1.807) is 30.5 Å². The summed E-state index contributed by atoms with van der Waals surface area (Å²) in [4.78, 5) is 28.2. The Kier molecular flexibility index (Phi) is 5.98. The van der Waals surface area contributed by atoms with Crippen LogP contribution in [0.3, 0.4) is 0 Å². The quantitative estimate of drug-likeness (QED) is 0.688. The van der Waals surface area contributed by atoms with Gasteiger partial charge in [-0.05, 0) is 30.7 Å². The summed E-state index contributed by atoms with van der Waals surface area (Å²) in [6, 6.07) is 15.4. The number of carbonyl (C=O) groups is 2. The summed E-state index contributed by atoms with van der Waals surface area (Å²) in [6.45, 7) is 2.05. The molecule has 2 N–H and O–H groups in total. The summed E-state index contributed by atoms with van der Waals surface area (Å²) in [6.07, 6.45) is 0.549. The number of nitrogens with one attached hydrogen (secondary N) is 2. The molecule has 1 aromatic heterocycles. The van der Waals surface area contributed by atoms with Gasteiger partial charge in [0.15, 0.2) is 0 Å². The number of carbonyl (C=O) groups excluding carboxylic acids is 2. The Balaban J connectivity index is 1.59. The van der Waals surface area contributed by atoms with E-state index < -0.39 is 0 Å². The first-order chi connectivity index (χ1) is 13.0. The molecule has 0 aliphatic heterocycles. The maximum absolute atomic E-state index is 12.3. The van der Waals surface area contributed by atoms with Crippen LogP contribution in [0.5, 0.6) is 0 Å². The third kappa shape index (κ3) is 5.24. The Morgan fingerprint density at radius 3 is 2.52 bits per heavy atom. The van der Waals surface area contributed by atoms with Crippen LogP contribution in [-0.2, 0) is 22.4 Å². The van der Waals surface area contributed by atoms with Crippen molar-refractivity contribution in [1.82, 2.24) is 10.3 Å². The van der Waals surface area contributed by atoms with Gasteiger partial charge in [-0.15, -0.1) is 11.3 Å². The standard InChI is InChI=1S/C21H21N3O2S/c1-14-4-3-5-16(10-14)21-24-18(13-27-21)12-20(26)23-17-8-6-15(7-9-17)11-19(25)22-2/h3-10,13H,11-12H2,1-2H3,(H,22,25)(H,23,26). The molecule has 0 spiro atoms. The van der Waals surface area contributed by atoms with Gasteiger partial charge in [-0.3, -0.25) is 9.59 Å². The molecular weight excluding hydrogens is 358 g/mol. The minimum Gasteiger partial charge on any atom is -0.359 e. The summed E-state index contributed by atoms with van der Waals surface area (Å²) < 4.78 is 0. The number of rotatable bonds is 6. The Bertz CT molecular complexity index is 948. The number of amides is 2. The molecule has 2 aromatic carbocycles. The molecular formula is C21H21N3O2S. The van der Waals surface area contributed by atoms with Gasteiger partial charge in [0.05, 0.1) is 18.5 Å². The molecule has 0 bridgehead atoms. The fourth-order valence-electron chi connectivity index (χ4n) is 2.65. The molecule has 0 saturated heterocycles. The van der Waals surface area contributed by atoms with Crippen molar-refractivity contribution in [3.63, 3.8) is 0 Å². The lowest BCUT2D eigenvalue weighted by atomic mass is 10.1. The van der Waals surface area contributed by atoms with Gasteiger partial charge >= 0.3 is 0 Å². The number of thiazole rings is 1. The lowest BCUT2D eigenvalue weighted by molar-refractivity contribution is -0.120. The molecule has 3 rings (SSSR count). The molecule has 0 radical (unpaired) electrons. The molecule has 27 heavy (non-hydrogen) atoms. The third-order valence-corrected chi connectivity index (χ3v) is 4.98. The molecule has 0 aliphatic carbocycles. The number of aryl methyl sites for hydroxylation is 1. The van der Waals surface area contributed by atoms with Crippen LogP contribution in [0.4, 0.5) is 5.69 Å². The molecule has 0 fully saturated rings. The number of aromatic nitrogens is 1. The van der Waals surface area contributed by atoms with Crippen molar-refractivity contribution in [1.29, 1.82) is 0 Å². The average molecular weight is 379 g/mol. The summed E-state index contributed by atoms with van der Waals surface area (Å²) in [5.74, 6) is -0.158. The van der Waals surface area contributed by atoms with Crippen molar-refractivity contribution in [2.45, 2.75) is 19.8 Å². The van der Waals surface area contributed by atoms with Gasteiger partial charge < -0.3 is 10.6 Å². The molecule has 3 aromatic rings. The highest BCUT2D eigenvalue weighted by Gasteiger charge is 2.10. The monoisotopic (exact) mass is 379 g/mol. The number of benzene rings is 2. The molecule has 6 heteroatoms. The van der Waals surface area contributed by atoms with Crippen molar-refractivity contribution in [2.24, 2.45) is 0 Å². The van der Waals surface area contributed by atoms with E-state index in [9.17, 15) is 9.59 Å². The topological polar surface area (TPSA) is 71.1 Å². The second-order valence-electron chi connectivity index (χ2n) is 6.29. The van der Waals surface area contributed by atoms with Crippen LogP contribution in [0.2, 0.25) is 0 Å². The predicted molar refractivity (Wildman–Crippen MR) is 109 cm³/mol. The fraction of sp³-hybridized carbons (Fsp3) is 0.190. The average Bonchev–Trinajstić information content (AvgIpc) is 3.11. The van der Waals surface area contributed by atoms with Gasteiger partial charge in [0, 0.05) is 23.7 Å². The van der Waals surface area contributed by atoms with Gasteiger partial charge in [-0.1, -0.05) is 35.9 Å². The molecule has 0 atom stereocenters. The summed E-state index contributed by atoms with van der Waals surface area (Å²) in [7, 11) is 1.61. The van der Waals surface area contributed by atoms with Crippen LogP contribution in [-0.4, -0.2) is 23.8 Å². The molecule has 5 nitrogen and oxygen atoms in total. The Labute approximate surface area is 162 Å². The first kappa shape index (κ1) is 18.8. The Morgan fingerprint density at radius 1 is 1.04 bits per heavy atom. The maximum Gasteiger partial charge on any atom is 0.230 e. The number of hydrogen-bond donors (Lipinski definition) is 2. The van der Waals surface area contributed by atoms with Crippen molar-refractivity contribution >= 4 is 28.8 Å². The summed E-state index contributed by atoms with van der Waals surface area (Å²) in [5, 5.41) is 8.29. The van der Waals surface area contributed by atoms with Crippen molar-refractivity contribution < 1.29 is 9.59 Å². The molecule has 0 saturated carbocycles. The molecule has 0 aliphatic rings. The SMILES string of the molecule is CNC(=O)Cc1ccc(NC(=O)Cc2csc(-c3cccc(C)c3)n2)cc1. The smallest absolute Gasteiger partial charge is 0.230 e. The zero-order chi connectivity index (χ0) is 19.2. The largest absolute Gasteiger partial charge is 0.359 e. The summed E-state index contributed by atoms with van der Waals surface area (Å²) in [5.41, 5.74) is 4.61. The first-order valence-electron chi connectivity index (χ1n) is 8.64. The number of nitrogens with zero attached hydrogens (tertiary/aromatic N) is 1. The van der Waals surface area contributed by atoms with Crippen LogP contribution in [0, 0.1) is 6.92 Å². The molecule has 138 valence electrons. The minimum atomic E-state index is -0.116. The van der Waals surface area contributed by atoms with E-state index in [0.29, 0.717) is 12.1 Å². The normalized spacial score (nSPS) is 10.4. The van der Waals surface area contributed by atoms with Crippen LogP contribution in [0.15, 0.2) is 53.9 Å². The van der Waals surface area contributed by atoms with Crippen LogP contribution in [0.1, 0.15) is 16.8 Å². The van der Waals surface area contributed by atoms with Crippen molar-refractivity contribution in [3.8, 4) is 10.6 Å². The minimum absolute atomic E-state index is 0.0419. The van der Waals surface area contributed by atoms with Gasteiger partial charge in [0.2, 0.25) is 11.8 Å². The number of likely N-dealkylation sites (N-methyl/N-ethyl adjacent to an activating group) is 1. The van der Waals surface area contributed by atoms with E-state index in [-0.39, 0.29) is 18.2 Å². The van der Waals surface area contributed by atoms with E-state index in [1.165, 1.54) is 5.56 Å². The molecule has 1 heterocycles. The van der Waals surface area contributed by atoms with E-state index >= 15 is 0 Å². The number of anilines is 1. The van der Waals surface area contributed by atoms with Gasteiger partial charge in [0.1, 0.15) is 5.01 Å². The lowest BCUT2D eigenvalue weighted by Gasteiger charge is -2.06. The highest BCUT2D eigenvalue weighted by atomic mass is 32.1. The van der Waals surface area contributed by atoms with E-state index in [4.69, 9.17) is 0 Å². The molecule has 0 unspecified atom stereocenters. The van der Waals surface area contributed by atoms with Crippen molar-refractivity contribution in [2.75, 3.05) is 12.4 Å². The van der Waals surface area contributed by atoms with Gasteiger partial charge in [0.25, 0.3) is 0 Å². The predicted octanol–water partition coefficient (Wildman–Crippen LogP) is 3.59. The zero-order valence-corrected chi connectivity index (χ0v) is 16.1. The Hall–Kier alpha value is -2.99. The summed E-state index contributed by atoms with van der Waals surface area (Å²) >= 11 is 1.54. The van der Waals surface area contributed by atoms with Gasteiger partial charge in [-0.2, -0.15) is 0 Å². The van der Waals surface area contributed by atoms with Crippen LogP contribution < -0.4 is 10.6 Å². The Morgan fingerprint density at radius 2 is 1.81 bits per heavy atom. The van der Waals surface area contributed by atoms with E-state index in [1.807, 2.05) is 42.6 Å². The highest BCUT2D eigenvalue weighted by molar-refractivity contribution is 7.13. The maximum atomic E-state index is 12.3. The second-order valence-corrected chi connectivity index (χ2v) is 7.14. The van der Waals surface area contributed by atoms with E-state index in [2.05, 4.69) is 21.7 Å². The second kappa shape index (κ2) is 8.60. The zero-order valence-electron chi connectivity index (χ0n) is 15.3. The van der Waals surface area contributed by atoms with E-state index in [0.717, 1.165) is 21.8 Å². The first-order valence-corrected chi connectivity index (χ1v) is 9.52. The molecule has 2 amide bonds. The highest BCUT2D eigenvalue weighted by Crippen LogP contribution is 2.24. The van der Waals surface area contributed by atoms with Crippen molar-refractivity contribution in [3.05, 3.63) is 70.7 Å². The fourth-order valence-corrected chi connectivity index (χ4v) is 3.46. The third-order valence-electron chi connectivity index (χ3n) is 4.04. The van der Waals surface area contributed by atoms with Gasteiger partial charge in [-0.25, -0.2) is 4.98 Å². The van der Waals surface area contributed by atoms with Crippen LogP contribution in [0.25, 0.3) is 10.6 Å².